The predicted molar refractivity (Wildman–Crippen MR) is 114 cm³/mol. The molecule has 0 radical (unpaired) electrons. The number of aliphatic imine (C=N–C) groups is 1. The van der Waals surface area contributed by atoms with Gasteiger partial charge in [-0.3, -0.25) is 14.5 Å². The van der Waals surface area contributed by atoms with Crippen molar-refractivity contribution in [3.05, 3.63) is 58.6 Å². The van der Waals surface area contributed by atoms with Crippen molar-refractivity contribution in [1.82, 2.24) is 4.90 Å². The van der Waals surface area contributed by atoms with Crippen molar-refractivity contribution < 1.29 is 19.5 Å². The molecule has 0 spiro atoms. The smallest absolute Gasteiger partial charge is 0.335 e. The normalized spacial score (nSPS) is 17.6. The lowest BCUT2D eigenvalue weighted by molar-refractivity contribution is -0.127. The summed E-state index contributed by atoms with van der Waals surface area (Å²) in [5.41, 5.74) is 2.08. The Labute approximate surface area is 176 Å². The number of hydrogen-bond donors (Lipinski definition) is 2. The lowest BCUT2D eigenvalue weighted by Crippen LogP contribution is -2.30. The molecule has 1 heterocycles. The SMILES string of the molecule is Cc1c(Cl)cccc1N=C1S[C@@H](CC(=O)Nc2ccc(C(=O)O)cc2)C(=O)N1C. The lowest BCUT2D eigenvalue weighted by atomic mass is 10.2. The summed E-state index contributed by atoms with van der Waals surface area (Å²) < 4.78 is 0. The van der Waals surface area contributed by atoms with Crippen molar-refractivity contribution in [2.75, 3.05) is 12.4 Å². The number of thioether (sulfide) groups is 1. The van der Waals surface area contributed by atoms with Gasteiger partial charge in [-0.25, -0.2) is 9.79 Å². The fourth-order valence-corrected chi connectivity index (χ4v) is 4.01. The first kappa shape index (κ1) is 20.9. The molecule has 1 aliphatic rings. The van der Waals surface area contributed by atoms with Crippen molar-refractivity contribution in [3.63, 3.8) is 0 Å². The van der Waals surface area contributed by atoms with Crippen LogP contribution >= 0.6 is 23.4 Å². The molecule has 0 saturated carbocycles. The van der Waals surface area contributed by atoms with E-state index in [1.165, 1.54) is 40.9 Å². The molecule has 0 bridgehead atoms. The number of amides is 2. The second kappa shape index (κ2) is 8.67. The Morgan fingerprint density at radius 2 is 1.93 bits per heavy atom. The molecule has 2 aromatic carbocycles. The molecule has 2 amide bonds. The van der Waals surface area contributed by atoms with Crippen LogP contribution in [0.5, 0.6) is 0 Å². The summed E-state index contributed by atoms with van der Waals surface area (Å²) in [7, 11) is 1.62. The monoisotopic (exact) mass is 431 g/mol. The molecule has 0 aromatic heterocycles. The van der Waals surface area contributed by atoms with Gasteiger partial charge in [-0.05, 0) is 48.9 Å². The minimum atomic E-state index is -1.04. The van der Waals surface area contributed by atoms with E-state index in [0.717, 1.165) is 5.56 Å². The van der Waals surface area contributed by atoms with Crippen LogP contribution in [0, 0.1) is 6.92 Å². The van der Waals surface area contributed by atoms with Gasteiger partial charge >= 0.3 is 5.97 Å². The quantitative estimate of drug-likeness (QED) is 0.747. The number of amidine groups is 1. The molecule has 1 fully saturated rings. The summed E-state index contributed by atoms with van der Waals surface area (Å²) in [6.45, 7) is 1.85. The molecular weight excluding hydrogens is 414 g/mol. The molecule has 7 nitrogen and oxygen atoms in total. The fourth-order valence-electron chi connectivity index (χ4n) is 2.69. The minimum absolute atomic E-state index is 0.0257. The van der Waals surface area contributed by atoms with Gasteiger partial charge in [0.15, 0.2) is 5.17 Å². The lowest BCUT2D eigenvalue weighted by Gasteiger charge is -2.10. The number of carboxylic acid groups (broad SMARTS) is 1. The van der Waals surface area contributed by atoms with Gasteiger partial charge < -0.3 is 10.4 Å². The Bertz CT molecular complexity index is 1010. The number of benzene rings is 2. The van der Waals surface area contributed by atoms with Crippen LogP contribution < -0.4 is 5.32 Å². The predicted octanol–water partition coefficient (Wildman–Crippen LogP) is 3.94. The largest absolute Gasteiger partial charge is 0.478 e. The van der Waals surface area contributed by atoms with Crippen LogP contribution in [0.1, 0.15) is 22.3 Å². The van der Waals surface area contributed by atoms with E-state index in [9.17, 15) is 14.4 Å². The highest BCUT2D eigenvalue weighted by atomic mass is 35.5. The summed E-state index contributed by atoms with van der Waals surface area (Å²) in [6.07, 6.45) is -0.0257. The molecule has 0 unspecified atom stereocenters. The second-order valence-corrected chi connectivity index (χ2v) is 7.99. The van der Waals surface area contributed by atoms with E-state index in [4.69, 9.17) is 16.7 Å². The van der Waals surface area contributed by atoms with Crippen LogP contribution in [0.4, 0.5) is 11.4 Å². The van der Waals surface area contributed by atoms with Gasteiger partial charge in [0.2, 0.25) is 11.8 Å². The average molecular weight is 432 g/mol. The van der Waals surface area contributed by atoms with Crippen LogP contribution in [0.15, 0.2) is 47.5 Å². The summed E-state index contributed by atoms with van der Waals surface area (Å²) in [4.78, 5) is 41.7. The molecule has 0 aliphatic carbocycles. The average Bonchev–Trinajstić information content (AvgIpc) is 2.93. The molecule has 9 heteroatoms. The van der Waals surface area contributed by atoms with Gasteiger partial charge in [-0.15, -0.1) is 0 Å². The number of nitrogens with zero attached hydrogens (tertiary/aromatic N) is 2. The number of hydrogen-bond acceptors (Lipinski definition) is 5. The number of carbonyl (C=O) groups excluding carboxylic acids is 2. The van der Waals surface area contributed by atoms with Crippen molar-refractivity contribution in [2.24, 2.45) is 4.99 Å². The Balaban J connectivity index is 1.67. The first-order valence-corrected chi connectivity index (χ1v) is 9.93. The van der Waals surface area contributed by atoms with Gasteiger partial charge in [0, 0.05) is 24.2 Å². The number of nitrogens with one attached hydrogen (secondary N) is 1. The number of aromatic carboxylic acids is 1. The number of carbonyl (C=O) groups is 3. The van der Waals surface area contributed by atoms with Crippen molar-refractivity contribution in [3.8, 4) is 0 Å². The highest BCUT2D eigenvalue weighted by Crippen LogP contribution is 2.33. The van der Waals surface area contributed by atoms with Crippen LogP contribution in [0.25, 0.3) is 0 Å². The maximum Gasteiger partial charge on any atom is 0.335 e. The maximum atomic E-state index is 12.5. The van der Waals surface area contributed by atoms with Crippen molar-refractivity contribution >= 4 is 57.7 Å². The molecule has 2 aromatic rings. The zero-order chi connectivity index (χ0) is 21.1. The van der Waals surface area contributed by atoms with Crippen LogP contribution in [-0.4, -0.2) is 45.3 Å². The molecule has 2 N–H and O–H groups in total. The van der Waals surface area contributed by atoms with E-state index in [1.807, 2.05) is 13.0 Å². The van der Waals surface area contributed by atoms with Gasteiger partial charge in [0.05, 0.1) is 11.3 Å². The molecule has 1 atom stereocenters. The van der Waals surface area contributed by atoms with Gasteiger partial charge in [0.25, 0.3) is 0 Å². The number of halogens is 1. The van der Waals surface area contributed by atoms with E-state index in [-0.39, 0.29) is 23.8 Å². The minimum Gasteiger partial charge on any atom is -0.478 e. The van der Waals surface area contributed by atoms with Gasteiger partial charge in [-0.1, -0.05) is 29.4 Å². The summed E-state index contributed by atoms with van der Waals surface area (Å²) in [5.74, 6) is -1.59. The molecule has 150 valence electrons. The Morgan fingerprint density at radius 1 is 1.24 bits per heavy atom. The standard InChI is InChI=1S/C20H18ClN3O4S/c1-11-14(21)4-3-5-15(11)23-20-24(2)18(26)16(29-20)10-17(25)22-13-8-6-12(7-9-13)19(27)28/h3-9,16H,10H2,1-2H3,(H,22,25)(H,27,28)/t16-/m0/s1. The molecule has 29 heavy (non-hydrogen) atoms. The topological polar surface area (TPSA) is 99.1 Å². The van der Waals surface area contributed by atoms with Gasteiger partial charge in [-0.2, -0.15) is 0 Å². The maximum absolute atomic E-state index is 12.5. The highest BCUT2D eigenvalue weighted by Gasteiger charge is 2.37. The summed E-state index contributed by atoms with van der Waals surface area (Å²) in [5, 5.41) is 12.1. The van der Waals surface area contributed by atoms with E-state index in [1.54, 1.807) is 19.2 Å². The van der Waals surface area contributed by atoms with Crippen LogP contribution in [-0.2, 0) is 9.59 Å². The molecule has 3 rings (SSSR count). The van der Waals surface area contributed by atoms with E-state index < -0.39 is 11.2 Å². The summed E-state index contributed by atoms with van der Waals surface area (Å²) in [6, 6.07) is 11.2. The molecule has 1 saturated heterocycles. The van der Waals surface area contributed by atoms with Crippen LogP contribution in [0.2, 0.25) is 5.02 Å². The fraction of sp³-hybridized carbons (Fsp3) is 0.200. The van der Waals surface area contributed by atoms with Crippen molar-refractivity contribution in [2.45, 2.75) is 18.6 Å². The highest BCUT2D eigenvalue weighted by molar-refractivity contribution is 8.15. The van der Waals surface area contributed by atoms with E-state index >= 15 is 0 Å². The third-order valence-corrected chi connectivity index (χ3v) is 6.02. The second-order valence-electron chi connectivity index (χ2n) is 6.42. The zero-order valence-electron chi connectivity index (χ0n) is 15.7. The Hall–Kier alpha value is -2.84. The van der Waals surface area contributed by atoms with Crippen molar-refractivity contribution in [1.29, 1.82) is 0 Å². The Kier molecular flexibility index (Phi) is 6.24. The van der Waals surface area contributed by atoms with E-state index in [2.05, 4.69) is 10.3 Å². The van der Waals surface area contributed by atoms with Crippen LogP contribution in [0.3, 0.4) is 0 Å². The van der Waals surface area contributed by atoms with Gasteiger partial charge in [0.1, 0.15) is 5.25 Å². The first-order valence-electron chi connectivity index (χ1n) is 8.67. The summed E-state index contributed by atoms with van der Waals surface area (Å²) >= 11 is 7.35. The Morgan fingerprint density at radius 3 is 2.59 bits per heavy atom. The van der Waals surface area contributed by atoms with E-state index in [0.29, 0.717) is 21.6 Å². The number of rotatable bonds is 5. The number of carboxylic acids is 1. The zero-order valence-corrected chi connectivity index (χ0v) is 17.3. The third kappa shape index (κ3) is 4.78. The molecule has 1 aliphatic heterocycles. The number of anilines is 1. The first-order chi connectivity index (χ1) is 13.8. The third-order valence-electron chi connectivity index (χ3n) is 4.38. The molecular formula is C20H18ClN3O4S.